The van der Waals surface area contributed by atoms with Crippen LogP contribution in [0.3, 0.4) is 0 Å². The first-order valence-electron chi connectivity index (χ1n) is 9.94. The highest BCUT2D eigenvalue weighted by atomic mass is 16.2. The van der Waals surface area contributed by atoms with Crippen LogP contribution < -0.4 is 4.90 Å². The zero-order valence-electron chi connectivity index (χ0n) is 15.4. The van der Waals surface area contributed by atoms with E-state index in [2.05, 4.69) is 64.4 Å². The molecule has 2 aromatic rings. The van der Waals surface area contributed by atoms with E-state index < -0.39 is 0 Å². The standard InChI is InChI=1S/C23H28N2O/c26-22(23(14-8-3-9-15-23)20-10-4-1-5-11-20)25-18-16-24(17-19-25)21-12-6-2-7-13-21/h1-2,4-7,10-13H,3,8-9,14-19H2. The van der Waals surface area contributed by atoms with Gasteiger partial charge in [0.05, 0.1) is 5.41 Å². The van der Waals surface area contributed by atoms with Crippen molar-refractivity contribution in [3.63, 3.8) is 0 Å². The van der Waals surface area contributed by atoms with E-state index in [-0.39, 0.29) is 5.41 Å². The number of para-hydroxylation sites is 1. The molecule has 1 aliphatic heterocycles. The Morgan fingerprint density at radius 1 is 0.731 bits per heavy atom. The van der Waals surface area contributed by atoms with Gasteiger partial charge < -0.3 is 9.80 Å². The van der Waals surface area contributed by atoms with Crippen molar-refractivity contribution in [3.8, 4) is 0 Å². The van der Waals surface area contributed by atoms with Gasteiger partial charge in [0.25, 0.3) is 0 Å². The molecule has 3 nitrogen and oxygen atoms in total. The molecule has 3 heteroatoms. The van der Waals surface area contributed by atoms with Crippen molar-refractivity contribution in [1.82, 2.24) is 4.90 Å². The Morgan fingerprint density at radius 3 is 1.92 bits per heavy atom. The minimum atomic E-state index is -0.297. The zero-order chi connectivity index (χ0) is 17.8. The van der Waals surface area contributed by atoms with Crippen LogP contribution in [0.25, 0.3) is 0 Å². The fraction of sp³-hybridized carbons (Fsp3) is 0.435. The molecule has 2 aliphatic rings. The van der Waals surface area contributed by atoms with Gasteiger partial charge in [0.1, 0.15) is 0 Å². The summed E-state index contributed by atoms with van der Waals surface area (Å²) in [5.41, 5.74) is 2.18. The Balaban J connectivity index is 1.51. The van der Waals surface area contributed by atoms with E-state index in [0.29, 0.717) is 5.91 Å². The molecular weight excluding hydrogens is 320 g/mol. The summed E-state index contributed by atoms with van der Waals surface area (Å²) in [5.74, 6) is 0.358. The molecule has 0 bridgehead atoms. The van der Waals surface area contributed by atoms with Crippen molar-refractivity contribution < 1.29 is 4.79 Å². The summed E-state index contributed by atoms with van der Waals surface area (Å²) in [6.07, 6.45) is 5.56. The topological polar surface area (TPSA) is 23.6 Å². The first-order valence-corrected chi connectivity index (χ1v) is 9.94. The third-order valence-electron chi connectivity index (χ3n) is 6.13. The second-order valence-electron chi connectivity index (χ2n) is 7.62. The van der Waals surface area contributed by atoms with E-state index >= 15 is 0 Å². The van der Waals surface area contributed by atoms with Crippen LogP contribution in [0.1, 0.15) is 37.7 Å². The Morgan fingerprint density at radius 2 is 1.31 bits per heavy atom. The molecule has 0 radical (unpaired) electrons. The number of amides is 1. The lowest BCUT2D eigenvalue weighted by atomic mass is 9.68. The van der Waals surface area contributed by atoms with E-state index in [1.54, 1.807) is 0 Å². The maximum atomic E-state index is 13.6. The highest BCUT2D eigenvalue weighted by Crippen LogP contribution is 2.41. The maximum Gasteiger partial charge on any atom is 0.233 e. The summed E-state index contributed by atoms with van der Waals surface area (Å²) >= 11 is 0. The molecule has 1 aliphatic carbocycles. The molecule has 0 unspecified atom stereocenters. The highest BCUT2D eigenvalue weighted by molar-refractivity contribution is 5.88. The van der Waals surface area contributed by atoms with Gasteiger partial charge in [-0.25, -0.2) is 0 Å². The van der Waals surface area contributed by atoms with E-state index in [0.717, 1.165) is 51.9 Å². The fourth-order valence-corrected chi connectivity index (χ4v) is 4.65. The van der Waals surface area contributed by atoms with Crippen LogP contribution in [-0.4, -0.2) is 37.0 Å². The molecule has 0 aromatic heterocycles. The number of carbonyl (C=O) groups is 1. The fourth-order valence-electron chi connectivity index (χ4n) is 4.65. The van der Waals surface area contributed by atoms with Gasteiger partial charge in [-0.1, -0.05) is 67.8 Å². The molecule has 0 spiro atoms. The van der Waals surface area contributed by atoms with Crippen molar-refractivity contribution in [3.05, 3.63) is 66.2 Å². The Labute approximate surface area is 156 Å². The highest BCUT2D eigenvalue weighted by Gasteiger charge is 2.43. The van der Waals surface area contributed by atoms with Gasteiger partial charge >= 0.3 is 0 Å². The monoisotopic (exact) mass is 348 g/mol. The number of piperazine rings is 1. The lowest BCUT2D eigenvalue weighted by Gasteiger charge is -2.43. The van der Waals surface area contributed by atoms with Crippen LogP contribution in [0.2, 0.25) is 0 Å². The molecule has 1 amide bonds. The van der Waals surface area contributed by atoms with Crippen molar-refractivity contribution in [2.75, 3.05) is 31.1 Å². The van der Waals surface area contributed by atoms with Crippen LogP contribution in [-0.2, 0) is 10.2 Å². The maximum absolute atomic E-state index is 13.6. The lowest BCUT2D eigenvalue weighted by Crippen LogP contribution is -2.55. The van der Waals surface area contributed by atoms with Crippen molar-refractivity contribution in [2.45, 2.75) is 37.5 Å². The summed E-state index contributed by atoms with van der Waals surface area (Å²) in [6, 6.07) is 21.0. The van der Waals surface area contributed by atoms with Crippen LogP contribution in [0, 0.1) is 0 Å². The molecule has 136 valence electrons. The predicted octanol–water partition coefficient (Wildman–Crippen LogP) is 4.24. The molecule has 1 heterocycles. The van der Waals surface area contributed by atoms with E-state index in [4.69, 9.17) is 0 Å². The molecule has 0 atom stereocenters. The minimum absolute atomic E-state index is 0.297. The normalized spacial score (nSPS) is 20.0. The summed E-state index contributed by atoms with van der Waals surface area (Å²) in [7, 11) is 0. The quantitative estimate of drug-likeness (QED) is 0.828. The number of hydrogen-bond acceptors (Lipinski definition) is 2. The van der Waals surface area contributed by atoms with Gasteiger partial charge in [-0.15, -0.1) is 0 Å². The number of nitrogens with zero attached hydrogens (tertiary/aromatic N) is 2. The average molecular weight is 348 g/mol. The molecule has 0 N–H and O–H groups in total. The lowest BCUT2D eigenvalue weighted by molar-refractivity contribution is -0.139. The van der Waals surface area contributed by atoms with Crippen LogP contribution >= 0.6 is 0 Å². The Bertz CT molecular complexity index is 714. The molecular formula is C23H28N2O. The Hall–Kier alpha value is -2.29. The molecule has 1 saturated carbocycles. The number of hydrogen-bond donors (Lipinski definition) is 0. The van der Waals surface area contributed by atoms with Crippen LogP contribution in [0.4, 0.5) is 5.69 Å². The summed E-state index contributed by atoms with van der Waals surface area (Å²) < 4.78 is 0. The molecule has 26 heavy (non-hydrogen) atoms. The molecule has 1 saturated heterocycles. The minimum Gasteiger partial charge on any atom is -0.368 e. The summed E-state index contributed by atoms with van der Waals surface area (Å²) in [6.45, 7) is 3.48. The van der Waals surface area contributed by atoms with Crippen LogP contribution in [0.15, 0.2) is 60.7 Å². The van der Waals surface area contributed by atoms with Crippen molar-refractivity contribution in [1.29, 1.82) is 0 Å². The summed E-state index contributed by atoms with van der Waals surface area (Å²) in [5, 5.41) is 0. The first kappa shape index (κ1) is 17.1. The molecule has 4 rings (SSSR count). The molecule has 2 aromatic carbocycles. The number of rotatable bonds is 3. The van der Waals surface area contributed by atoms with Gasteiger partial charge in [-0.3, -0.25) is 4.79 Å². The third-order valence-corrected chi connectivity index (χ3v) is 6.13. The van der Waals surface area contributed by atoms with Crippen LogP contribution in [0.5, 0.6) is 0 Å². The second kappa shape index (κ2) is 7.53. The van der Waals surface area contributed by atoms with Crippen molar-refractivity contribution >= 4 is 11.6 Å². The number of anilines is 1. The third kappa shape index (κ3) is 3.23. The Kier molecular flexibility index (Phi) is 4.96. The van der Waals surface area contributed by atoms with Gasteiger partial charge in [-0.2, -0.15) is 0 Å². The SMILES string of the molecule is O=C(N1CCN(c2ccccc2)CC1)C1(c2ccccc2)CCCCC1. The van der Waals surface area contributed by atoms with Gasteiger partial charge in [0, 0.05) is 31.9 Å². The predicted molar refractivity (Wildman–Crippen MR) is 106 cm³/mol. The first-order chi connectivity index (χ1) is 12.8. The van der Waals surface area contributed by atoms with Gasteiger partial charge in [-0.05, 0) is 30.5 Å². The zero-order valence-corrected chi connectivity index (χ0v) is 15.4. The average Bonchev–Trinajstić information content (AvgIpc) is 2.75. The summed E-state index contributed by atoms with van der Waals surface area (Å²) in [4.78, 5) is 18.1. The van der Waals surface area contributed by atoms with Gasteiger partial charge in [0.2, 0.25) is 5.91 Å². The number of benzene rings is 2. The number of carbonyl (C=O) groups excluding carboxylic acids is 1. The smallest absolute Gasteiger partial charge is 0.233 e. The van der Waals surface area contributed by atoms with Crippen molar-refractivity contribution in [2.24, 2.45) is 0 Å². The van der Waals surface area contributed by atoms with E-state index in [1.165, 1.54) is 17.7 Å². The van der Waals surface area contributed by atoms with E-state index in [1.807, 2.05) is 6.07 Å². The van der Waals surface area contributed by atoms with E-state index in [9.17, 15) is 4.79 Å². The largest absolute Gasteiger partial charge is 0.368 e. The van der Waals surface area contributed by atoms with Gasteiger partial charge in [0.15, 0.2) is 0 Å². The second-order valence-corrected chi connectivity index (χ2v) is 7.62. The molecule has 2 fully saturated rings.